The number of esters is 1. The van der Waals surface area contributed by atoms with Crippen molar-refractivity contribution in [2.24, 2.45) is 0 Å². The molecule has 0 bridgehead atoms. The predicted octanol–water partition coefficient (Wildman–Crippen LogP) is 2.58. The van der Waals surface area contributed by atoms with Gasteiger partial charge in [0.1, 0.15) is 0 Å². The smallest absolute Gasteiger partial charge is 0.311 e. The van der Waals surface area contributed by atoms with Gasteiger partial charge in [-0.15, -0.1) is 11.3 Å². The van der Waals surface area contributed by atoms with Crippen LogP contribution in [0.5, 0.6) is 0 Å². The van der Waals surface area contributed by atoms with Crippen molar-refractivity contribution in [3.05, 3.63) is 11.1 Å². The van der Waals surface area contributed by atoms with Crippen LogP contribution in [-0.2, 0) is 16.0 Å². The first-order valence-electron chi connectivity index (χ1n) is 6.59. The Morgan fingerprint density at radius 3 is 2.79 bits per heavy atom. The van der Waals surface area contributed by atoms with E-state index in [0.29, 0.717) is 17.1 Å². The molecule has 2 heterocycles. The lowest BCUT2D eigenvalue weighted by molar-refractivity contribution is -0.142. The standard InChI is InChI=1S/C13H20N2O2S2/c1-4-17-12(16)5-11-8-18-13(14-11)15-6-9(2)19-10(3)7-15/h8-10H,4-7H2,1-3H3. The monoisotopic (exact) mass is 300 g/mol. The zero-order valence-electron chi connectivity index (χ0n) is 11.6. The number of thiazole rings is 1. The zero-order valence-corrected chi connectivity index (χ0v) is 13.2. The van der Waals surface area contributed by atoms with Gasteiger partial charge in [-0.1, -0.05) is 13.8 Å². The molecule has 2 rings (SSSR count). The Labute approximate surface area is 122 Å². The van der Waals surface area contributed by atoms with Gasteiger partial charge in [0.15, 0.2) is 5.13 Å². The van der Waals surface area contributed by atoms with Crippen LogP contribution in [-0.4, -0.2) is 41.1 Å². The van der Waals surface area contributed by atoms with E-state index < -0.39 is 0 Å². The van der Waals surface area contributed by atoms with Crippen molar-refractivity contribution in [2.75, 3.05) is 24.6 Å². The fourth-order valence-electron chi connectivity index (χ4n) is 2.22. The molecule has 2 atom stereocenters. The molecule has 19 heavy (non-hydrogen) atoms. The molecule has 6 heteroatoms. The fraction of sp³-hybridized carbons (Fsp3) is 0.692. The first-order chi connectivity index (χ1) is 9.08. The van der Waals surface area contributed by atoms with E-state index in [1.54, 1.807) is 11.3 Å². The van der Waals surface area contributed by atoms with Gasteiger partial charge in [0.25, 0.3) is 0 Å². The number of hydrogen-bond acceptors (Lipinski definition) is 6. The van der Waals surface area contributed by atoms with E-state index in [1.807, 2.05) is 24.1 Å². The summed E-state index contributed by atoms with van der Waals surface area (Å²) >= 11 is 3.64. The van der Waals surface area contributed by atoms with Crippen LogP contribution in [0.2, 0.25) is 0 Å². The minimum atomic E-state index is -0.199. The van der Waals surface area contributed by atoms with Crippen molar-refractivity contribution < 1.29 is 9.53 Å². The van der Waals surface area contributed by atoms with Crippen LogP contribution in [0.15, 0.2) is 5.38 Å². The number of anilines is 1. The predicted molar refractivity (Wildman–Crippen MR) is 81.2 cm³/mol. The van der Waals surface area contributed by atoms with Crippen molar-refractivity contribution in [3.8, 4) is 0 Å². The minimum Gasteiger partial charge on any atom is -0.466 e. The molecule has 0 radical (unpaired) electrons. The van der Waals surface area contributed by atoms with E-state index in [1.165, 1.54) is 0 Å². The SMILES string of the molecule is CCOC(=O)Cc1csc(N2CC(C)SC(C)C2)n1. The van der Waals surface area contributed by atoms with Crippen molar-refractivity contribution >= 4 is 34.2 Å². The van der Waals surface area contributed by atoms with Crippen LogP contribution in [0.3, 0.4) is 0 Å². The van der Waals surface area contributed by atoms with E-state index in [2.05, 4.69) is 23.7 Å². The van der Waals surface area contributed by atoms with Gasteiger partial charge in [0.2, 0.25) is 0 Å². The lowest BCUT2D eigenvalue weighted by atomic mass is 10.3. The Bertz CT molecular complexity index is 426. The van der Waals surface area contributed by atoms with Gasteiger partial charge in [-0.3, -0.25) is 4.79 Å². The second kappa shape index (κ2) is 6.61. The van der Waals surface area contributed by atoms with Gasteiger partial charge in [0.05, 0.1) is 18.7 Å². The van der Waals surface area contributed by atoms with E-state index in [4.69, 9.17) is 4.74 Å². The highest BCUT2D eigenvalue weighted by Crippen LogP contribution is 2.30. The molecule has 0 amide bonds. The average molecular weight is 300 g/mol. The Balaban J connectivity index is 1.98. The molecule has 1 aliphatic heterocycles. The minimum absolute atomic E-state index is 0.199. The summed E-state index contributed by atoms with van der Waals surface area (Å²) in [5.74, 6) is -0.199. The third-order valence-electron chi connectivity index (χ3n) is 2.86. The van der Waals surface area contributed by atoms with Crippen LogP contribution >= 0.6 is 23.1 Å². The molecular formula is C13H20N2O2S2. The van der Waals surface area contributed by atoms with Gasteiger partial charge in [-0.05, 0) is 6.92 Å². The number of nitrogens with zero attached hydrogens (tertiary/aromatic N) is 2. The van der Waals surface area contributed by atoms with Crippen molar-refractivity contribution in [1.82, 2.24) is 4.98 Å². The molecule has 1 aliphatic rings. The van der Waals surface area contributed by atoms with E-state index in [9.17, 15) is 4.79 Å². The van der Waals surface area contributed by atoms with E-state index in [-0.39, 0.29) is 12.4 Å². The summed E-state index contributed by atoms with van der Waals surface area (Å²) in [4.78, 5) is 18.3. The third kappa shape index (κ3) is 4.11. The lowest BCUT2D eigenvalue weighted by Crippen LogP contribution is -2.40. The second-order valence-electron chi connectivity index (χ2n) is 4.77. The molecule has 0 aromatic carbocycles. The molecule has 2 unspecified atom stereocenters. The largest absolute Gasteiger partial charge is 0.466 e. The van der Waals surface area contributed by atoms with Gasteiger partial charge in [-0.25, -0.2) is 4.98 Å². The summed E-state index contributed by atoms with van der Waals surface area (Å²) in [6, 6.07) is 0. The molecule has 0 spiro atoms. The molecule has 0 aliphatic carbocycles. The fourth-order valence-corrected chi connectivity index (χ4v) is 4.39. The van der Waals surface area contributed by atoms with Crippen molar-refractivity contribution in [1.29, 1.82) is 0 Å². The molecule has 0 N–H and O–H groups in total. The molecule has 1 aromatic rings. The topological polar surface area (TPSA) is 42.4 Å². The maximum absolute atomic E-state index is 11.4. The van der Waals surface area contributed by atoms with Crippen LogP contribution in [0, 0.1) is 0 Å². The number of carbonyl (C=O) groups excluding carboxylic acids is 1. The summed E-state index contributed by atoms with van der Waals surface area (Å²) in [7, 11) is 0. The molecule has 106 valence electrons. The van der Waals surface area contributed by atoms with Gasteiger partial charge in [-0.2, -0.15) is 11.8 Å². The molecule has 1 aromatic heterocycles. The summed E-state index contributed by atoms with van der Waals surface area (Å²) in [6.07, 6.45) is 0.276. The molecule has 0 saturated carbocycles. The highest BCUT2D eigenvalue weighted by atomic mass is 32.2. The van der Waals surface area contributed by atoms with Crippen LogP contribution < -0.4 is 4.90 Å². The average Bonchev–Trinajstić information content (AvgIpc) is 2.76. The Kier molecular flexibility index (Phi) is 5.10. The Morgan fingerprint density at radius 2 is 2.16 bits per heavy atom. The molecule has 1 fully saturated rings. The Hall–Kier alpha value is -0.750. The molecule has 4 nitrogen and oxygen atoms in total. The van der Waals surface area contributed by atoms with E-state index >= 15 is 0 Å². The first-order valence-corrected chi connectivity index (χ1v) is 8.41. The van der Waals surface area contributed by atoms with Crippen molar-refractivity contribution in [3.63, 3.8) is 0 Å². The van der Waals surface area contributed by atoms with Gasteiger partial charge < -0.3 is 9.64 Å². The third-order valence-corrected chi connectivity index (χ3v) is 5.04. The molecule has 1 saturated heterocycles. The van der Waals surface area contributed by atoms with Gasteiger partial charge >= 0.3 is 5.97 Å². The number of hydrogen-bond donors (Lipinski definition) is 0. The normalized spacial score (nSPS) is 23.4. The number of carbonyl (C=O) groups is 1. The highest BCUT2D eigenvalue weighted by Gasteiger charge is 2.24. The van der Waals surface area contributed by atoms with Crippen LogP contribution in [0.1, 0.15) is 26.5 Å². The van der Waals surface area contributed by atoms with Crippen LogP contribution in [0.4, 0.5) is 5.13 Å². The quantitative estimate of drug-likeness (QED) is 0.800. The van der Waals surface area contributed by atoms with Gasteiger partial charge in [0, 0.05) is 29.0 Å². The number of ether oxygens (including phenoxy) is 1. The summed E-state index contributed by atoms with van der Waals surface area (Å²) in [6.45, 7) is 8.80. The number of thioether (sulfide) groups is 1. The molecular weight excluding hydrogens is 280 g/mol. The zero-order chi connectivity index (χ0) is 13.8. The highest BCUT2D eigenvalue weighted by molar-refractivity contribution is 8.00. The summed E-state index contributed by atoms with van der Waals surface area (Å²) < 4.78 is 4.94. The maximum Gasteiger partial charge on any atom is 0.311 e. The number of aromatic nitrogens is 1. The summed E-state index contributed by atoms with van der Waals surface area (Å²) in [5.41, 5.74) is 0.817. The Morgan fingerprint density at radius 1 is 1.47 bits per heavy atom. The number of rotatable bonds is 4. The van der Waals surface area contributed by atoms with E-state index in [0.717, 1.165) is 23.9 Å². The van der Waals surface area contributed by atoms with Crippen LogP contribution in [0.25, 0.3) is 0 Å². The second-order valence-corrected chi connectivity index (χ2v) is 7.48. The first kappa shape index (κ1) is 14.7. The lowest BCUT2D eigenvalue weighted by Gasteiger charge is -2.34. The summed E-state index contributed by atoms with van der Waals surface area (Å²) in [5, 5.41) is 4.24. The maximum atomic E-state index is 11.4. The van der Waals surface area contributed by atoms with Crippen molar-refractivity contribution in [2.45, 2.75) is 37.7 Å².